The summed E-state index contributed by atoms with van der Waals surface area (Å²) in [5.74, 6) is 0.851. The van der Waals surface area contributed by atoms with Gasteiger partial charge in [-0.1, -0.05) is 30.3 Å². The number of furan rings is 1. The minimum Gasteiger partial charge on any atom is -0.464 e. The van der Waals surface area contributed by atoms with Gasteiger partial charge < -0.3 is 10.2 Å². The highest BCUT2D eigenvalue weighted by atomic mass is 32.2. The molecule has 5 nitrogen and oxygen atoms in total. The molecule has 0 saturated heterocycles. The third-order valence-electron chi connectivity index (χ3n) is 3.37. The predicted octanol–water partition coefficient (Wildman–Crippen LogP) is 1.91. The fraction of sp³-hybridized carbons (Fsp3) is 0.333. The maximum atomic E-state index is 12.5. The van der Waals surface area contributed by atoms with Crippen molar-refractivity contribution in [2.75, 3.05) is 13.6 Å². The lowest BCUT2D eigenvalue weighted by Crippen LogP contribution is -2.29. The first-order valence-electron chi connectivity index (χ1n) is 6.75. The summed E-state index contributed by atoms with van der Waals surface area (Å²) in [4.78, 5) is 0.193. The van der Waals surface area contributed by atoms with Gasteiger partial charge in [0.1, 0.15) is 16.4 Å². The van der Waals surface area contributed by atoms with Gasteiger partial charge in [0.25, 0.3) is 0 Å². The van der Waals surface area contributed by atoms with Gasteiger partial charge in [-0.2, -0.15) is 0 Å². The first-order valence-corrected chi connectivity index (χ1v) is 8.19. The third-order valence-corrected chi connectivity index (χ3v) is 5.34. The van der Waals surface area contributed by atoms with E-state index < -0.39 is 10.0 Å². The average Bonchev–Trinajstić information content (AvgIpc) is 2.87. The van der Waals surface area contributed by atoms with Crippen LogP contribution in [-0.4, -0.2) is 26.3 Å². The van der Waals surface area contributed by atoms with Crippen LogP contribution in [0.4, 0.5) is 0 Å². The van der Waals surface area contributed by atoms with E-state index in [0.717, 1.165) is 5.56 Å². The zero-order valence-electron chi connectivity index (χ0n) is 12.2. The lowest BCUT2D eigenvalue weighted by molar-refractivity contribution is 0.460. The number of sulfonamides is 1. The largest absolute Gasteiger partial charge is 0.464 e. The molecule has 0 atom stereocenters. The normalized spacial score (nSPS) is 12.0. The van der Waals surface area contributed by atoms with Crippen LogP contribution in [0, 0.1) is 6.92 Å². The summed E-state index contributed by atoms with van der Waals surface area (Å²) in [6, 6.07) is 11.3. The molecular formula is C15H20N2O3S. The van der Waals surface area contributed by atoms with Crippen LogP contribution >= 0.6 is 0 Å². The summed E-state index contributed by atoms with van der Waals surface area (Å²) >= 11 is 0. The van der Waals surface area contributed by atoms with E-state index in [0.29, 0.717) is 24.5 Å². The first-order chi connectivity index (χ1) is 9.95. The first kappa shape index (κ1) is 15.8. The van der Waals surface area contributed by atoms with Crippen molar-refractivity contribution >= 4 is 10.0 Å². The molecule has 0 amide bonds. The monoisotopic (exact) mass is 308 g/mol. The molecule has 1 aromatic carbocycles. The molecule has 0 bridgehead atoms. The summed E-state index contributed by atoms with van der Waals surface area (Å²) in [7, 11) is -1.97. The molecule has 0 unspecified atom stereocenters. The summed E-state index contributed by atoms with van der Waals surface area (Å²) in [5.41, 5.74) is 6.59. The highest BCUT2D eigenvalue weighted by Crippen LogP contribution is 2.23. The van der Waals surface area contributed by atoms with Crippen LogP contribution in [0.25, 0.3) is 0 Å². The minimum absolute atomic E-state index is 0.185. The number of rotatable bonds is 6. The van der Waals surface area contributed by atoms with Gasteiger partial charge in [0, 0.05) is 19.7 Å². The Labute approximate surface area is 125 Å². The van der Waals surface area contributed by atoms with Gasteiger partial charge in [-0.25, -0.2) is 12.7 Å². The maximum Gasteiger partial charge on any atom is 0.246 e. The summed E-state index contributed by atoms with van der Waals surface area (Å²) in [5, 5.41) is 0. The van der Waals surface area contributed by atoms with Crippen LogP contribution in [0.5, 0.6) is 0 Å². The Balaban J connectivity index is 2.13. The highest BCUT2D eigenvalue weighted by molar-refractivity contribution is 7.89. The standard InChI is InChI=1S/C15H20N2O3S/c1-12-15(10-14(11-16)20-12)21(18,19)17(2)9-8-13-6-4-3-5-7-13/h3-7,10H,8-9,11,16H2,1-2H3. The fourth-order valence-electron chi connectivity index (χ4n) is 2.10. The van der Waals surface area contributed by atoms with E-state index in [-0.39, 0.29) is 11.4 Å². The Morgan fingerprint density at radius 2 is 1.90 bits per heavy atom. The SMILES string of the molecule is Cc1oc(CN)cc1S(=O)(=O)N(C)CCc1ccccc1. The number of aryl methyl sites for hydroxylation is 1. The fourth-order valence-corrected chi connectivity index (χ4v) is 3.45. The van der Waals surface area contributed by atoms with Gasteiger partial charge in [-0.15, -0.1) is 0 Å². The molecule has 0 radical (unpaired) electrons. The molecule has 0 aliphatic heterocycles. The van der Waals surface area contributed by atoms with E-state index >= 15 is 0 Å². The number of nitrogens with two attached hydrogens (primary N) is 1. The van der Waals surface area contributed by atoms with Gasteiger partial charge in [0.05, 0.1) is 6.54 Å². The number of benzene rings is 1. The summed E-state index contributed by atoms with van der Waals surface area (Å²) in [6.45, 7) is 2.23. The molecule has 2 aromatic rings. The Bertz CT molecular complexity index is 693. The topological polar surface area (TPSA) is 76.5 Å². The molecule has 2 rings (SSSR count). The Morgan fingerprint density at radius 1 is 1.24 bits per heavy atom. The second-order valence-corrected chi connectivity index (χ2v) is 6.91. The van der Waals surface area contributed by atoms with Crippen molar-refractivity contribution in [3.8, 4) is 0 Å². The van der Waals surface area contributed by atoms with Crippen LogP contribution in [0.2, 0.25) is 0 Å². The second kappa shape index (κ2) is 6.43. The molecule has 0 aliphatic rings. The molecule has 2 N–H and O–H groups in total. The zero-order valence-corrected chi connectivity index (χ0v) is 13.1. The van der Waals surface area contributed by atoms with Crippen molar-refractivity contribution in [2.24, 2.45) is 5.73 Å². The quantitative estimate of drug-likeness (QED) is 0.884. The van der Waals surface area contributed by atoms with E-state index in [2.05, 4.69) is 0 Å². The Kier molecular flexibility index (Phi) is 4.82. The zero-order chi connectivity index (χ0) is 15.5. The molecule has 1 heterocycles. The summed E-state index contributed by atoms with van der Waals surface area (Å²) in [6.07, 6.45) is 0.664. The van der Waals surface area contributed by atoms with Gasteiger partial charge >= 0.3 is 0 Å². The molecule has 0 spiro atoms. The Hall–Kier alpha value is -1.63. The third kappa shape index (κ3) is 3.53. The van der Waals surface area contributed by atoms with Crippen molar-refractivity contribution in [2.45, 2.75) is 24.8 Å². The smallest absolute Gasteiger partial charge is 0.246 e. The van der Waals surface area contributed by atoms with E-state index in [1.165, 1.54) is 10.4 Å². The maximum absolute atomic E-state index is 12.5. The van der Waals surface area contributed by atoms with Gasteiger partial charge in [-0.3, -0.25) is 0 Å². The summed E-state index contributed by atoms with van der Waals surface area (Å²) < 4.78 is 31.7. The molecule has 0 saturated carbocycles. The van der Waals surface area contributed by atoms with Gasteiger partial charge in [0.2, 0.25) is 10.0 Å². The number of nitrogens with zero attached hydrogens (tertiary/aromatic N) is 1. The lowest BCUT2D eigenvalue weighted by atomic mass is 10.2. The van der Waals surface area contributed by atoms with E-state index in [4.69, 9.17) is 10.2 Å². The van der Waals surface area contributed by atoms with Crippen molar-refractivity contribution in [3.05, 3.63) is 53.5 Å². The predicted molar refractivity (Wildman–Crippen MR) is 81.3 cm³/mol. The van der Waals surface area contributed by atoms with Crippen molar-refractivity contribution in [1.29, 1.82) is 0 Å². The average molecular weight is 308 g/mol. The minimum atomic E-state index is -3.55. The van der Waals surface area contributed by atoms with Crippen molar-refractivity contribution < 1.29 is 12.8 Å². The molecule has 21 heavy (non-hydrogen) atoms. The Morgan fingerprint density at radius 3 is 2.48 bits per heavy atom. The second-order valence-electron chi connectivity index (χ2n) is 4.90. The van der Waals surface area contributed by atoms with E-state index in [9.17, 15) is 8.42 Å². The lowest BCUT2D eigenvalue weighted by Gasteiger charge is -2.16. The van der Waals surface area contributed by atoms with Crippen LogP contribution in [0.15, 0.2) is 45.7 Å². The molecule has 0 fully saturated rings. The van der Waals surface area contributed by atoms with Crippen LogP contribution in [0.1, 0.15) is 17.1 Å². The van der Waals surface area contributed by atoms with Gasteiger partial charge in [-0.05, 0) is 18.9 Å². The molecular weight excluding hydrogens is 288 g/mol. The highest BCUT2D eigenvalue weighted by Gasteiger charge is 2.25. The van der Waals surface area contributed by atoms with Crippen molar-refractivity contribution in [1.82, 2.24) is 4.31 Å². The molecule has 0 aliphatic carbocycles. The molecule has 1 aromatic heterocycles. The number of hydrogen-bond donors (Lipinski definition) is 1. The molecule has 6 heteroatoms. The van der Waals surface area contributed by atoms with E-state index in [1.807, 2.05) is 30.3 Å². The van der Waals surface area contributed by atoms with E-state index in [1.54, 1.807) is 14.0 Å². The van der Waals surface area contributed by atoms with Crippen molar-refractivity contribution in [3.63, 3.8) is 0 Å². The number of hydrogen-bond acceptors (Lipinski definition) is 4. The van der Waals surface area contributed by atoms with Crippen LogP contribution in [0.3, 0.4) is 0 Å². The van der Waals surface area contributed by atoms with Crippen LogP contribution in [-0.2, 0) is 23.0 Å². The van der Waals surface area contributed by atoms with Gasteiger partial charge in [0.15, 0.2) is 0 Å². The molecule has 114 valence electrons. The number of likely N-dealkylation sites (N-methyl/N-ethyl adjacent to an activating group) is 1. The van der Waals surface area contributed by atoms with Crippen LogP contribution < -0.4 is 5.73 Å².